The molecule has 0 radical (unpaired) electrons. The summed E-state index contributed by atoms with van der Waals surface area (Å²) in [4.78, 5) is 20.4. The normalized spacial score (nSPS) is 17.3. The van der Waals surface area contributed by atoms with Crippen LogP contribution in [0.2, 0.25) is 0 Å². The van der Waals surface area contributed by atoms with Crippen LogP contribution in [0.25, 0.3) is 11.1 Å². The van der Waals surface area contributed by atoms with Gasteiger partial charge in [0, 0.05) is 65.8 Å². The summed E-state index contributed by atoms with van der Waals surface area (Å²) in [6, 6.07) is 6.36. The maximum atomic E-state index is 14.1. The number of aryl methyl sites for hydroxylation is 2. The Kier molecular flexibility index (Phi) is 6.87. The Morgan fingerprint density at radius 2 is 1.97 bits per heavy atom. The number of anilines is 2. The fourth-order valence-corrected chi connectivity index (χ4v) is 5.28. The first kappa shape index (κ1) is 25.7. The zero-order valence-electron chi connectivity index (χ0n) is 20.7. The van der Waals surface area contributed by atoms with Gasteiger partial charge in [0.25, 0.3) is 5.91 Å². The lowest BCUT2D eigenvalue weighted by Crippen LogP contribution is -2.30. The quantitative estimate of drug-likeness (QED) is 0.425. The van der Waals surface area contributed by atoms with E-state index in [4.69, 9.17) is 4.78 Å². The molecule has 1 fully saturated rings. The van der Waals surface area contributed by atoms with Crippen molar-refractivity contribution in [2.45, 2.75) is 50.9 Å². The lowest BCUT2D eigenvalue weighted by molar-refractivity contribution is -0.0102. The molecule has 2 aromatic heterocycles. The third-order valence-electron chi connectivity index (χ3n) is 6.50. The number of aromatic nitrogens is 3. The number of benzene rings is 1. The summed E-state index contributed by atoms with van der Waals surface area (Å²) in [7, 11) is -2.97. The van der Waals surface area contributed by atoms with E-state index in [0.717, 1.165) is 22.5 Å². The molecule has 0 spiro atoms. The van der Waals surface area contributed by atoms with Crippen molar-refractivity contribution in [2.75, 3.05) is 29.6 Å². The van der Waals surface area contributed by atoms with Crippen LogP contribution in [0.15, 0.2) is 35.4 Å². The van der Waals surface area contributed by atoms with Gasteiger partial charge in [-0.2, -0.15) is 5.10 Å². The Balaban J connectivity index is 1.81. The minimum absolute atomic E-state index is 0.0784. The van der Waals surface area contributed by atoms with E-state index in [9.17, 15) is 17.8 Å². The number of pyridine rings is 1. The van der Waals surface area contributed by atoms with Gasteiger partial charge >= 0.3 is 0 Å². The van der Waals surface area contributed by atoms with Crippen molar-refractivity contribution in [2.24, 2.45) is 0 Å². The summed E-state index contributed by atoms with van der Waals surface area (Å²) in [5.41, 5.74) is 4.46. The van der Waals surface area contributed by atoms with Crippen LogP contribution in [0.5, 0.6) is 0 Å². The van der Waals surface area contributed by atoms with Crippen molar-refractivity contribution in [1.29, 1.82) is 4.78 Å². The van der Waals surface area contributed by atoms with Gasteiger partial charge in [0.2, 0.25) is 5.92 Å². The maximum Gasteiger partial charge on any atom is 0.259 e. The molecule has 3 aromatic rings. The number of alkyl halides is 2. The number of nitrogens with one attached hydrogen (secondary N) is 3. The molecule has 0 aliphatic carbocycles. The van der Waals surface area contributed by atoms with Crippen LogP contribution in [-0.4, -0.2) is 50.6 Å². The summed E-state index contributed by atoms with van der Waals surface area (Å²) in [6.45, 7) is 5.99. The van der Waals surface area contributed by atoms with Crippen molar-refractivity contribution in [3.8, 4) is 11.1 Å². The molecule has 1 unspecified atom stereocenters. The average Bonchev–Trinajstić information content (AvgIpc) is 3.01. The van der Waals surface area contributed by atoms with Gasteiger partial charge in [-0.25, -0.2) is 22.8 Å². The number of hydrogen-bond donors (Lipinski definition) is 3. The van der Waals surface area contributed by atoms with Gasteiger partial charge < -0.3 is 10.2 Å². The molecule has 0 bridgehead atoms. The predicted octanol–water partition coefficient (Wildman–Crippen LogP) is 5.31. The summed E-state index contributed by atoms with van der Waals surface area (Å²) in [6.07, 6.45) is 2.75. The molecular weight excluding hydrogens is 486 g/mol. The lowest BCUT2D eigenvalue weighted by atomic mass is 9.96. The van der Waals surface area contributed by atoms with Gasteiger partial charge in [-0.3, -0.25) is 9.89 Å². The van der Waals surface area contributed by atoms with Crippen LogP contribution >= 0.6 is 0 Å². The molecule has 1 saturated heterocycles. The van der Waals surface area contributed by atoms with Crippen molar-refractivity contribution in [3.63, 3.8) is 0 Å². The molecular formula is C25H30F2N6O2S. The zero-order chi connectivity index (χ0) is 26.3. The lowest BCUT2D eigenvalue weighted by Gasteiger charge is -2.26. The maximum absolute atomic E-state index is 14.1. The summed E-state index contributed by atoms with van der Waals surface area (Å²) >= 11 is 0. The number of rotatable bonds is 5. The molecule has 1 aliphatic heterocycles. The first-order valence-corrected chi connectivity index (χ1v) is 13.6. The molecule has 11 heteroatoms. The fourth-order valence-electron chi connectivity index (χ4n) is 4.59. The molecule has 1 atom stereocenters. The highest BCUT2D eigenvalue weighted by molar-refractivity contribution is 7.91. The first-order chi connectivity index (χ1) is 16.9. The SMILES string of the molecule is Cc1n[nH]c(C)c1-c1cnc(N2CCCC(F)(F)CC2)c(C(=O)Nc2cccc(S(C)(=N)=O)c2)c1C. The third-order valence-corrected chi connectivity index (χ3v) is 7.66. The highest BCUT2D eigenvalue weighted by Crippen LogP contribution is 2.36. The number of carbonyl (C=O) groups excluding carboxylic acids is 1. The van der Waals surface area contributed by atoms with Crippen molar-refractivity contribution < 1.29 is 17.8 Å². The summed E-state index contributed by atoms with van der Waals surface area (Å²) in [5.74, 6) is -2.86. The van der Waals surface area contributed by atoms with Crippen LogP contribution in [0.1, 0.15) is 46.6 Å². The second-order valence-electron chi connectivity index (χ2n) is 9.33. The summed E-state index contributed by atoms with van der Waals surface area (Å²) in [5, 5.41) is 10.0. The van der Waals surface area contributed by atoms with Gasteiger partial charge in [0.1, 0.15) is 5.82 Å². The van der Waals surface area contributed by atoms with Crippen molar-refractivity contribution >= 4 is 27.1 Å². The van der Waals surface area contributed by atoms with Gasteiger partial charge in [-0.1, -0.05) is 6.07 Å². The Morgan fingerprint density at radius 3 is 2.64 bits per heavy atom. The number of nitrogens with zero attached hydrogens (tertiary/aromatic N) is 3. The van der Waals surface area contributed by atoms with E-state index in [0.29, 0.717) is 28.5 Å². The average molecular weight is 517 g/mol. The topological polar surface area (TPSA) is 115 Å². The van der Waals surface area contributed by atoms with E-state index < -0.39 is 21.6 Å². The molecule has 0 saturated carbocycles. The molecule has 192 valence electrons. The van der Waals surface area contributed by atoms with E-state index in [1.54, 1.807) is 29.3 Å². The van der Waals surface area contributed by atoms with Gasteiger partial charge in [0.05, 0.1) is 21.0 Å². The second kappa shape index (κ2) is 9.61. The monoisotopic (exact) mass is 516 g/mol. The fraction of sp³-hybridized carbons (Fsp3) is 0.400. The number of aromatic amines is 1. The van der Waals surface area contributed by atoms with E-state index in [-0.39, 0.29) is 31.4 Å². The Bertz CT molecular complexity index is 1400. The van der Waals surface area contributed by atoms with Gasteiger partial charge in [-0.15, -0.1) is 0 Å². The highest BCUT2D eigenvalue weighted by atomic mass is 32.2. The van der Waals surface area contributed by atoms with Gasteiger partial charge in [0.15, 0.2) is 0 Å². The van der Waals surface area contributed by atoms with Crippen molar-refractivity contribution in [3.05, 3.63) is 53.0 Å². The minimum Gasteiger partial charge on any atom is -0.356 e. The molecule has 3 heterocycles. The molecule has 1 aliphatic rings. The smallest absolute Gasteiger partial charge is 0.259 e. The van der Waals surface area contributed by atoms with E-state index >= 15 is 0 Å². The molecule has 3 N–H and O–H groups in total. The number of carbonyl (C=O) groups is 1. The van der Waals surface area contributed by atoms with E-state index in [1.165, 1.54) is 12.3 Å². The van der Waals surface area contributed by atoms with Crippen LogP contribution in [-0.2, 0) is 9.73 Å². The third kappa shape index (κ3) is 5.25. The molecule has 8 nitrogen and oxygen atoms in total. The Morgan fingerprint density at radius 1 is 1.22 bits per heavy atom. The minimum atomic E-state index is -2.97. The predicted molar refractivity (Wildman–Crippen MR) is 136 cm³/mol. The van der Waals surface area contributed by atoms with Crippen molar-refractivity contribution in [1.82, 2.24) is 15.2 Å². The molecule has 1 aromatic carbocycles. The first-order valence-electron chi connectivity index (χ1n) is 11.7. The van der Waals surface area contributed by atoms with Crippen LogP contribution in [0, 0.1) is 25.6 Å². The number of H-pyrrole nitrogens is 1. The highest BCUT2D eigenvalue weighted by Gasteiger charge is 2.34. The Hall–Kier alpha value is -3.34. The van der Waals surface area contributed by atoms with E-state index in [2.05, 4.69) is 20.5 Å². The number of amides is 1. The molecule has 1 amide bonds. The van der Waals surface area contributed by atoms with Crippen LogP contribution < -0.4 is 10.2 Å². The largest absolute Gasteiger partial charge is 0.356 e. The second-order valence-corrected chi connectivity index (χ2v) is 11.5. The number of hydrogen-bond acceptors (Lipinski definition) is 6. The van der Waals surface area contributed by atoms with Crippen LogP contribution in [0.3, 0.4) is 0 Å². The Labute approximate surface area is 209 Å². The molecule has 4 rings (SSSR count). The van der Waals surface area contributed by atoms with E-state index in [1.807, 2.05) is 20.8 Å². The van der Waals surface area contributed by atoms with Crippen LogP contribution in [0.4, 0.5) is 20.3 Å². The van der Waals surface area contributed by atoms with Gasteiger partial charge in [-0.05, 0) is 51.0 Å². The number of halogens is 2. The standard InChI is InChI=1S/C25H30F2N6O2S/c1-15-20(22-16(2)31-32-17(22)3)14-29-23(33-11-6-9-25(26,27)10-12-33)21(15)24(34)30-18-7-5-8-19(13-18)36(4,28)35/h5,7-8,13-14,28H,6,9-12H2,1-4H3,(H,30,34)(H,31,32). The summed E-state index contributed by atoms with van der Waals surface area (Å²) < 4.78 is 48.2. The molecule has 36 heavy (non-hydrogen) atoms. The zero-order valence-corrected chi connectivity index (χ0v) is 21.6.